The highest BCUT2D eigenvalue weighted by Gasteiger charge is 2.36. The average molecular weight is 431 g/mol. The van der Waals surface area contributed by atoms with Crippen molar-refractivity contribution in [2.24, 2.45) is 0 Å². The molecule has 0 saturated carbocycles. The maximum atomic E-state index is 13.1. The first-order chi connectivity index (χ1) is 15.0. The van der Waals surface area contributed by atoms with Crippen LogP contribution in [0.5, 0.6) is 5.88 Å². The maximum Gasteiger partial charge on any atom is 0.276 e. The number of rotatable bonds is 6. The maximum absolute atomic E-state index is 13.1. The number of ether oxygens (including phenoxy) is 1. The van der Waals surface area contributed by atoms with E-state index in [1.165, 1.54) is 29.4 Å². The summed E-state index contributed by atoms with van der Waals surface area (Å²) in [6, 6.07) is 7.31. The van der Waals surface area contributed by atoms with Crippen LogP contribution in [0.2, 0.25) is 0 Å². The lowest BCUT2D eigenvalue weighted by atomic mass is 10.2. The Morgan fingerprint density at radius 3 is 3.00 bits per heavy atom. The van der Waals surface area contributed by atoms with E-state index in [0.29, 0.717) is 5.56 Å². The van der Waals surface area contributed by atoms with Crippen LogP contribution in [-0.2, 0) is 0 Å². The standard InChI is InChI=1S/C20H16F3N5O3/c21-13-5-1-3-12(9-13)4-2-8-30-16-10-14(31-27-16)18-26-17-19(24-11-25-20(17)29)28(18)7-6-15(22)23/h1,3,5,9-11,15,18,26H,6-8H2,(H,24,25,29). The Balaban J connectivity index is 1.46. The molecule has 0 amide bonds. The largest absolute Gasteiger partial charge is 0.462 e. The summed E-state index contributed by atoms with van der Waals surface area (Å²) in [5.74, 6) is 5.72. The number of nitrogens with one attached hydrogen (secondary N) is 2. The second-order valence-electron chi connectivity index (χ2n) is 6.52. The van der Waals surface area contributed by atoms with Gasteiger partial charge in [0.1, 0.15) is 11.5 Å². The van der Waals surface area contributed by atoms with E-state index in [9.17, 15) is 18.0 Å². The highest BCUT2D eigenvalue weighted by molar-refractivity contribution is 5.71. The molecule has 2 aromatic heterocycles. The third-order valence-corrected chi connectivity index (χ3v) is 4.41. The number of hydrogen-bond donors (Lipinski definition) is 2. The van der Waals surface area contributed by atoms with E-state index in [1.807, 2.05) is 0 Å². The molecule has 11 heteroatoms. The van der Waals surface area contributed by atoms with Gasteiger partial charge in [-0.15, -0.1) is 0 Å². The van der Waals surface area contributed by atoms with E-state index in [4.69, 9.17) is 9.26 Å². The zero-order valence-electron chi connectivity index (χ0n) is 15.9. The predicted molar refractivity (Wildman–Crippen MR) is 104 cm³/mol. The van der Waals surface area contributed by atoms with Crippen molar-refractivity contribution < 1.29 is 22.4 Å². The molecule has 2 N–H and O–H groups in total. The number of aromatic nitrogens is 3. The summed E-state index contributed by atoms with van der Waals surface area (Å²) >= 11 is 0. The van der Waals surface area contributed by atoms with Crippen molar-refractivity contribution in [1.82, 2.24) is 15.1 Å². The molecule has 1 aromatic carbocycles. The smallest absolute Gasteiger partial charge is 0.276 e. The Kier molecular flexibility index (Phi) is 5.79. The van der Waals surface area contributed by atoms with Gasteiger partial charge in [-0.1, -0.05) is 17.9 Å². The van der Waals surface area contributed by atoms with E-state index in [1.54, 1.807) is 12.1 Å². The summed E-state index contributed by atoms with van der Waals surface area (Å²) in [6.07, 6.45) is -2.49. The SMILES string of the molecule is O=c1[nH]cnc2c1NC(c1cc(OCC#Cc3cccc(F)c3)no1)N2CCC(F)F. The topological polar surface area (TPSA) is 96.3 Å². The number of halogens is 3. The molecule has 160 valence electrons. The van der Waals surface area contributed by atoms with Gasteiger partial charge in [-0.05, 0) is 23.4 Å². The van der Waals surface area contributed by atoms with Crippen molar-refractivity contribution in [1.29, 1.82) is 0 Å². The van der Waals surface area contributed by atoms with Gasteiger partial charge < -0.3 is 24.5 Å². The van der Waals surface area contributed by atoms with Crippen molar-refractivity contribution >= 4 is 11.5 Å². The lowest BCUT2D eigenvalue weighted by Gasteiger charge is -2.23. The van der Waals surface area contributed by atoms with Crippen LogP contribution in [0.1, 0.15) is 23.9 Å². The Bertz CT molecular complexity index is 1180. The van der Waals surface area contributed by atoms with Crippen LogP contribution in [0.25, 0.3) is 0 Å². The average Bonchev–Trinajstić information content (AvgIpc) is 3.35. The number of alkyl halides is 2. The molecular weight excluding hydrogens is 415 g/mol. The highest BCUT2D eigenvalue weighted by atomic mass is 19.3. The lowest BCUT2D eigenvalue weighted by molar-refractivity contribution is 0.139. The molecule has 0 saturated heterocycles. The van der Waals surface area contributed by atoms with Crippen molar-refractivity contribution in [3.63, 3.8) is 0 Å². The lowest BCUT2D eigenvalue weighted by Crippen LogP contribution is -2.30. The molecule has 0 fully saturated rings. The second-order valence-corrected chi connectivity index (χ2v) is 6.52. The first kappa shape index (κ1) is 20.3. The fraction of sp³-hybridized carbons (Fsp3) is 0.250. The van der Waals surface area contributed by atoms with Crippen LogP contribution in [0, 0.1) is 17.7 Å². The first-order valence-electron chi connectivity index (χ1n) is 9.24. The fourth-order valence-corrected chi connectivity index (χ4v) is 3.05. The van der Waals surface area contributed by atoms with Gasteiger partial charge >= 0.3 is 0 Å². The second kappa shape index (κ2) is 8.83. The molecule has 3 heterocycles. The van der Waals surface area contributed by atoms with Crippen LogP contribution < -0.4 is 20.5 Å². The quantitative estimate of drug-likeness (QED) is 0.580. The Labute approximate surface area is 174 Å². The van der Waals surface area contributed by atoms with Crippen molar-refractivity contribution in [3.05, 3.63) is 64.2 Å². The molecule has 1 aliphatic rings. The van der Waals surface area contributed by atoms with Gasteiger partial charge in [0.05, 0.1) is 6.33 Å². The number of aromatic amines is 1. The molecule has 3 aromatic rings. The van der Waals surface area contributed by atoms with Crippen molar-refractivity contribution in [3.8, 4) is 17.7 Å². The minimum atomic E-state index is -2.52. The van der Waals surface area contributed by atoms with E-state index < -0.39 is 24.6 Å². The van der Waals surface area contributed by atoms with Gasteiger partial charge in [-0.3, -0.25) is 4.79 Å². The highest BCUT2D eigenvalue weighted by Crippen LogP contribution is 2.38. The van der Waals surface area contributed by atoms with Crippen molar-refractivity contribution in [2.45, 2.75) is 19.0 Å². The first-order valence-corrected chi connectivity index (χ1v) is 9.24. The van der Waals surface area contributed by atoms with E-state index in [2.05, 4.69) is 32.3 Å². The Morgan fingerprint density at radius 2 is 2.19 bits per heavy atom. The molecular formula is C20H16F3N5O3. The number of benzene rings is 1. The number of hydrogen-bond acceptors (Lipinski definition) is 7. The van der Waals surface area contributed by atoms with Gasteiger partial charge in [-0.2, -0.15) is 0 Å². The third-order valence-electron chi connectivity index (χ3n) is 4.41. The zero-order valence-corrected chi connectivity index (χ0v) is 15.9. The van der Waals surface area contributed by atoms with E-state index >= 15 is 0 Å². The molecule has 8 nitrogen and oxygen atoms in total. The summed E-state index contributed by atoms with van der Waals surface area (Å²) < 4.78 is 49.4. The number of H-pyrrole nitrogens is 1. The van der Waals surface area contributed by atoms with E-state index in [-0.39, 0.29) is 42.1 Å². The van der Waals surface area contributed by atoms with Gasteiger partial charge in [0.2, 0.25) is 6.43 Å². The monoisotopic (exact) mass is 431 g/mol. The summed E-state index contributed by atoms with van der Waals surface area (Å²) in [6.45, 7) is -0.0914. The molecule has 0 bridgehead atoms. The summed E-state index contributed by atoms with van der Waals surface area (Å²) in [4.78, 5) is 20.1. The molecule has 1 unspecified atom stereocenters. The molecule has 0 spiro atoms. The van der Waals surface area contributed by atoms with Crippen LogP contribution in [0.15, 0.2) is 46.0 Å². The fourth-order valence-electron chi connectivity index (χ4n) is 3.05. The molecule has 4 rings (SSSR count). The minimum absolute atomic E-state index is 0.0306. The Hall–Kier alpha value is -3.94. The molecule has 0 radical (unpaired) electrons. The molecule has 0 aliphatic carbocycles. The number of fused-ring (bicyclic) bond motifs is 1. The van der Waals surface area contributed by atoms with Crippen LogP contribution in [0.3, 0.4) is 0 Å². The number of nitrogens with zero attached hydrogens (tertiary/aromatic N) is 3. The molecule has 31 heavy (non-hydrogen) atoms. The van der Waals surface area contributed by atoms with Gasteiger partial charge in [0.25, 0.3) is 11.4 Å². The summed E-state index contributed by atoms with van der Waals surface area (Å²) in [5, 5.41) is 6.71. The van der Waals surface area contributed by atoms with Gasteiger partial charge in [-0.25, -0.2) is 18.2 Å². The molecule has 1 aliphatic heterocycles. The van der Waals surface area contributed by atoms with Crippen LogP contribution >= 0.6 is 0 Å². The van der Waals surface area contributed by atoms with Crippen LogP contribution in [-0.4, -0.2) is 34.7 Å². The zero-order chi connectivity index (χ0) is 21.8. The van der Waals surface area contributed by atoms with Gasteiger partial charge in [0.15, 0.2) is 24.4 Å². The normalized spacial score (nSPS) is 14.7. The molecule has 1 atom stereocenters. The third kappa shape index (κ3) is 4.63. The minimum Gasteiger partial charge on any atom is -0.462 e. The Morgan fingerprint density at radius 1 is 1.32 bits per heavy atom. The number of anilines is 2. The summed E-state index contributed by atoms with van der Waals surface area (Å²) in [7, 11) is 0. The van der Waals surface area contributed by atoms with Crippen LogP contribution in [0.4, 0.5) is 24.7 Å². The van der Waals surface area contributed by atoms with Gasteiger partial charge in [0, 0.05) is 24.6 Å². The predicted octanol–water partition coefficient (Wildman–Crippen LogP) is 2.91. The van der Waals surface area contributed by atoms with E-state index in [0.717, 1.165) is 0 Å². The van der Waals surface area contributed by atoms with Crippen molar-refractivity contribution in [2.75, 3.05) is 23.4 Å². The summed E-state index contributed by atoms with van der Waals surface area (Å²) in [5.41, 5.74) is 0.226.